The number of aliphatic hydroxyl groups is 1. The molecule has 0 spiro atoms. The Labute approximate surface area is 116 Å². The molecular formula is C16H26N2O. The second-order valence-corrected chi connectivity index (χ2v) is 6.07. The predicted molar refractivity (Wildman–Crippen MR) is 77.7 cm³/mol. The van der Waals surface area contributed by atoms with Crippen LogP contribution in [-0.2, 0) is 0 Å². The molecule has 0 saturated heterocycles. The van der Waals surface area contributed by atoms with Gasteiger partial charge in [-0.3, -0.25) is 4.98 Å². The van der Waals surface area contributed by atoms with Crippen molar-refractivity contribution in [2.45, 2.75) is 52.1 Å². The molecule has 1 aliphatic carbocycles. The Morgan fingerprint density at radius 2 is 2.37 bits per heavy atom. The highest BCUT2D eigenvalue weighted by Gasteiger charge is 2.41. The maximum atomic E-state index is 10.9. The Bertz CT molecular complexity index is 421. The van der Waals surface area contributed by atoms with Gasteiger partial charge in [-0.1, -0.05) is 26.2 Å². The van der Waals surface area contributed by atoms with Crippen LogP contribution in [0.4, 0.5) is 0 Å². The van der Waals surface area contributed by atoms with Crippen LogP contribution in [0.3, 0.4) is 0 Å². The molecule has 3 heteroatoms. The third-order valence-corrected chi connectivity index (χ3v) is 4.92. The first-order chi connectivity index (χ1) is 9.13. The molecule has 1 fully saturated rings. The lowest BCUT2D eigenvalue weighted by Gasteiger charge is -2.43. The zero-order valence-corrected chi connectivity index (χ0v) is 12.1. The van der Waals surface area contributed by atoms with E-state index < -0.39 is 6.10 Å². The van der Waals surface area contributed by atoms with Crippen molar-refractivity contribution in [2.24, 2.45) is 17.1 Å². The zero-order chi connectivity index (χ0) is 13.9. The molecule has 1 aliphatic rings. The van der Waals surface area contributed by atoms with Crippen molar-refractivity contribution >= 4 is 0 Å². The minimum Gasteiger partial charge on any atom is -0.388 e. The lowest BCUT2D eigenvalue weighted by atomic mass is 9.64. The summed E-state index contributed by atoms with van der Waals surface area (Å²) in [5, 5.41) is 10.9. The van der Waals surface area contributed by atoms with Gasteiger partial charge in [0.1, 0.15) is 0 Å². The van der Waals surface area contributed by atoms with E-state index in [0.717, 1.165) is 24.0 Å². The van der Waals surface area contributed by atoms with Gasteiger partial charge >= 0.3 is 0 Å². The van der Waals surface area contributed by atoms with Gasteiger partial charge in [-0.05, 0) is 37.3 Å². The van der Waals surface area contributed by atoms with Crippen LogP contribution in [0, 0.1) is 18.3 Å². The van der Waals surface area contributed by atoms with Crippen molar-refractivity contribution in [1.29, 1.82) is 0 Å². The summed E-state index contributed by atoms with van der Waals surface area (Å²) in [7, 11) is 0. The van der Waals surface area contributed by atoms with E-state index in [1.165, 1.54) is 19.3 Å². The van der Waals surface area contributed by atoms with E-state index in [2.05, 4.69) is 11.9 Å². The Morgan fingerprint density at radius 3 is 3.00 bits per heavy atom. The fraction of sp³-hybridized carbons (Fsp3) is 0.688. The van der Waals surface area contributed by atoms with Crippen LogP contribution in [0.5, 0.6) is 0 Å². The van der Waals surface area contributed by atoms with Crippen molar-refractivity contribution in [2.75, 3.05) is 6.54 Å². The molecule has 0 radical (unpaired) electrons. The molecule has 3 nitrogen and oxygen atoms in total. The van der Waals surface area contributed by atoms with E-state index in [4.69, 9.17) is 5.73 Å². The van der Waals surface area contributed by atoms with E-state index in [1.807, 2.05) is 13.0 Å². The lowest BCUT2D eigenvalue weighted by molar-refractivity contribution is -0.0167. The molecule has 1 aromatic rings. The molecule has 3 unspecified atom stereocenters. The maximum Gasteiger partial charge on any atom is 0.0875 e. The van der Waals surface area contributed by atoms with Crippen LogP contribution in [0.25, 0.3) is 0 Å². The molecule has 1 aromatic heterocycles. The molecular weight excluding hydrogens is 236 g/mol. The summed E-state index contributed by atoms with van der Waals surface area (Å²) in [5.41, 5.74) is 7.96. The minimum atomic E-state index is -0.486. The molecule has 3 atom stereocenters. The lowest BCUT2D eigenvalue weighted by Crippen LogP contribution is -2.41. The number of aryl methyl sites for hydroxylation is 1. The van der Waals surface area contributed by atoms with Crippen LogP contribution in [0.15, 0.2) is 18.5 Å². The standard InChI is InChI=1S/C16H26N2O/c1-3-13-5-4-7-16(9-13,11-17)15(19)14-10-18-8-6-12(14)2/h6,8,10,13,15,19H,3-5,7,9,11,17H2,1-2H3. The fourth-order valence-corrected chi connectivity index (χ4v) is 3.51. The average molecular weight is 262 g/mol. The monoisotopic (exact) mass is 262 g/mol. The normalized spacial score (nSPS) is 29.2. The van der Waals surface area contributed by atoms with E-state index in [-0.39, 0.29) is 5.41 Å². The number of hydrogen-bond acceptors (Lipinski definition) is 3. The molecule has 3 N–H and O–H groups in total. The van der Waals surface area contributed by atoms with Crippen LogP contribution in [0.2, 0.25) is 0 Å². The van der Waals surface area contributed by atoms with Gasteiger partial charge in [0.15, 0.2) is 0 Å². The maximum absolute atomic E-state index is 10.9. The van der Waals surface area contributed by atoms with Crippen LogP contribution < -0.4 is 5.73 Å². The Morgan fingerprint density at radius 1 is 1.58 bits per heavy atom. The molecule has 0 aromatic carbocycles. The first kappa shape index (κ1) is 14.5. The second kappa shape index (κ2) is 6.02. The van der Waals surface area contributed by atoms with Gasteiger partial charge in [0, 0.05) is 29.9 Å². The topological polar surface area (TPSA) is 59.1 Å². The van der Waals surface area contributed by atoms with Crippen LogP contribution in [-0.4, -0.2) is 16.6 Å². The van der Waals surface area contributed by atoms with Gasteiger partial charge < -0.3 is 10.8 Å². The third kappa shape index (κ3) is 2.82. The highest BCUT2D eigenvalue weighted by atomic mass is 16.3. The summed E-state index contributed by atoms with van der Waals surface area (Å²) in [5.74, 6) is 0.698. The number of nitrogens with zero attached hydrogens (tertiary/aromatic N) is 1. The van der Waals surface area contributed by atoms with Gasteiger partial charge in [-0.2, -0.15) is 0 Å². The predicted octanol–water partition coefficient (Wildman–Crippen LogP) is 2.97. The van der Waals surface area contributed by atoms with Crippen LogP contribution in [0.1, 0.15) is 56.3 Å². The highest BCUT2D eigenvalue weighted by molar-refractivity contribution is 5.26. The number of hydrogen-bond donors (Lipinski definition) is 2. The van der Waals surface area contributed by atoms with Gasteiger partial charge in [-0.15, -0.1) is 0 Å². The number of rotatable bonds is 4. The minimum absolute atomic E-state index is 0.160. The summed E-state index contributed by atoms with van der Waals surface area (Å²) in [6, 6.07) is 1.96. The third-order valence-electron chi connectivity index (χ3n) is 4.92. The summed E-state index contributed by atoms with van der Waals surface area (Å²) in [6.07, 6.45) is 8.78. The highest BCUT2D eigenvalue weighted by Crippen LogP contribution is 2.48. The van der Waals surface area contributed by atoms with Crippen LogP contribution >= 0.6 is 0 Å². The van der Waals surface area contributed by atoms with Gasteiger partial charge in [0.05, 0.1) is 6.10 Å². The van der Waals surface area contributed by atoms with Gasteiger partial charge in [-0.25, -0.2) is 0 Å². The molecule has 0 aliphatic heterocycles. The molecule has 1 heterocycles. The second-order valence-electron chi connectivity index (χ2n) is 6.07. The Kier molecular flexibility index (Phi) is 4.58. The molecule has 0 amide bonds. The quantitative estimate of drug-likeness (QED) is 0.877. The van der Waals surface area contributed by atoms with Gasteiger partial charge in [0.2, 0.25) is 0 Å². The Balaban J connectivity index is 2.28. The van der Waals surface area contributed by atoms with Crippen molar-refractivity contribution in [1.82, 2.24) is 4.98 Å². The van der Waals surface area contributed by atoms with Crippen molar-refractivity contribution in [3.63, 3.8) is 0 Å². The number of nitrogens with two attached hydrogens (primary N) is 1. The first-order valence-electron chi connectivity index (χ1n) is 7.41. The molecule has 106 valence electrons. The fourth-order valence-electron chi connectivity index (χ4n) is 3.51. The average Bonchev–Trinajstić information content (AvgIpc) is 2.47. The summed E-state index contributed by atoms with van der Waals surface area (Å²) in [4.78, 5) is 4.17. The van der Waals surface area contributed by atoms with E-state index in [1.54, 1.807) is 12.4 Å². The zero-order valence-electron chi connectivity index (χ0n) is 12.1. The van der Waals surface area contributed by atoms with E-state index >= 15 is 0 Å². The molecule has 2 rings (SSSR count). The number of aliphatic hydroxyl groups excluding tert-OH is 1. The van der Waals surface area contributed by atoms with Crippen molar-refractivity contribution in [3.05, 3.63) is 29.6 Å². The smallest absolute Gasteiger partial charge is 0.0875 e. The summed E-state index contributed by atoms with van der Waals surface area (Å²) in [6.45, 7) is 4.82. The van der Waals surface area contributed by atoms with E-state index in [9.17, 15) is 5.11 Å². The van der Waals surface area contributed by atoms with Gasteiger partial charge in [0.25, 0.3) is 0 Å². The number of aromatic nitrogens is 1. The van der Waals surface area contributed by atoms with E-state index in [0.29, 0.717) is 12.5 Å². The first-order valence-corrected chi connectivity index (χ1v) is 7.41. The summed E-state index contributed by atoms with van der Waals surface area (Å²) < 4.78 is 0. The van der Waals surface area contributed by atoms with Crippen molar-refractivity contribution in [3.8, 4) is 0 Å². The Hall–Kier alpha value is -0.930. The van der Waals surface area contributed by atoms with Crippen molar-refractivity contribution < 1.29 is 5.11 Å². The molecule has 19 heavy (non-hydrogen) atoms. The number of pyridine rings is 1. The largest absolute Gasteiger partial charge is 0.388 e. The SMILES string of the molecule is CCC1CCCC(CN)(C(O)c2cnccc2C)C1. The summed E-state index contributed by atoms with van der Waals surface area (Å²) >= 11 is 0. The molecule has 1 saturated carbocycles. The molecule has 0 bridgehead atoms.